The van der Waals surface area contributed by atoms with Crippen LogP contribution in [0.1, 0.15) is 84.5 Å². The molecule has 0 spiro atoms. The second-order valence-corrected chi connectivity index (χ2v) is 9.20. The molecular weight excluding hydrogens is 444 g/mol. The monoisotopic (exact) mass is 487 g/mol. The van der Waals surface area contributed by atoms with Crippen LogP contribution in [0.4, 0.5) is 0 Å². The Balaban J connectivity index is 1.64. The van der Waals surface area contributed by atoms with Crippen LogP contribution >= 0.6 is 0 Å². The van der Waals surface area contributed by atoms with Crippen LogP contribution in [0.5, 0.6) is 0 Å². The van der Waals surface area contributed by atoms with Crippen LogP contribution in [0.25, 0.3) is 0 Å². The smallest absolute Gasteiger partial charge is 0.354 e. The molecule has 0 bridgehead atoms. The van der Waals surface area contributed by atoms with Gasteiger partial charge in [0.15, 0.2) is 0 Å². The van der Waals surface area contributed by atoms with Crippen LogP contribution in [0, 0.1) is 11.3 Å². The van der Waals surface area contributed by atoms with Gasteiger partial charge in [-0.2, -0.15) is 5.26 Å². The van der Waals surface area contributed by atoms with E-state index in [0.717, 1.165) is 82.0 Å². The molecule has 0 aliphatic heterocycles. The lowest BCUT2D eigenvalue weighted by atomic mass is 9.89. The van der Waals surface area contributed by atoms with Crippen molar-refractivity contribution < 1.29 is 24.4 Å². The number of hydrogen-bond acceptors (Lipinski definition) is 7. The lowest BCUT2D eigenvalue weighted by Gasteiger charge is -2.26. The van der Waals surface area contributed by atoms with E-state index in [4.69, 9.17) is 15.2 Å². The van der Waals surface area contributed by atoms with E-state index in [-0.39, 0.29) is 18.1 Å². The molecule has 2 aliphatic rings. The number of carbonyl (C=O) groups excluding carboxylic acids is 2. The highest BCUT2D eigenvalue weighted by atomic mass is 16.5. The zero-order chi connectivity index (χ0) is 25.5. The van der Waals surface area contributed by atoms with Crippen molar-refractivity contribution in [1.82, 2.24) is 5.32 Å². The van der Waals surface area contributed by atoms with Gasteiger partial charge >= 0.3 is 11.9 Å². The van der Waals surface area contributed by atoms with Gasteiger partial charge in [0.25, 0.3) is 0 Å². The summed E-state index contributed by atoms with van der Waals surface area (Å²) in [5.41, 5.74) is 9.50. The highest BCUT2D eigenvalue weighted by Gasteiger charge is 2.22. The van der Waals surface area contributed by atoms with Crippen LogP contribution in [-0.4, -0.2) is 44.3 Å². The Bertz CT molecular complexity index is 854. The third-order valence-corrected chi connectivity index (χ3v) is 6.55. The Hall–Kier alpha value is -2.63. The number of nitrogens with one attached hydrogen (secondary N) is 1. The van der Waals surface area contributed by atoms with E-state index in [9.17, 15) is 14.9 Å². The molecule has 1 saturated carbocycles. The van der Waals surface area contributed by atoms with Crippen molar-refractivity contribution in [1.29, 1.82) is 5.26 Å². The average molecular weight is 488 g/mol. The van der Waals surface area contributed by atoms with E-state index >= 15 is 0 Å². The van der Waals surface area contributed by atoms with Crippen molar-refractivity contribution in [2.75, 3.05) is 26.3 Å². The minimum atomic E-state index is -0.515. The lowest BCUT2D eigenvalue weighted by molar-refractivity contribution is -0.609. The number of carbonyl (C=O) groups is 2. The summed E-state index contributed by atoms with van der Waals surface area (Å²) in [6.45, 7) is 6.15. The van der Waals surface area contributed by atoms with Crippen molar-refractivity contribution in [2.24, 2.45) is 5.73 Å². The third-order valence-electron chi connectivity index (χ3n) is 6.55. The topological polar surface area (TPSA) is 131 Å². The second kappa shape index (κ2) is 16.1. The molecule has 0 amide bonds. The molecule has 0 saturated heterocycles. The summed E-state index contributed by atoms with van der Waals surface area (Å²) in [4.78, 5) is 23.9. The number of allylic oxidation sites excluding steroid dienone is 3. The molecule has 8 heteroatoms. The van der Waals surface area contributed by atoms with E-state index in [0.29, 0.717) is 18.3 Å². The predicted octanol–water partition coefficient (Wildman–Crippen LogP) is 2.87. The first-order valence-corrected chi connectivity index (χ1v) is 13.2. The Kier molecular flexibility index (Phi) is 13.2. The summed E-state index contributed by atoms with van der Waals surface area (Å²) in [5, 5.41) is 15.2. The molecule has 0 heterocycles. The predicted molar refractivity (Wildman–Crippen MR) is 135 cm³/mol. The number of ether oxygens (including phenoxy) is 2. The molecule has 1 unspecified atom stereocenters. The molecule has 5 N–H and O–H groups in total. The van der Waals surface area contributed by atoms with Crippen LogP contribution < -0.4 is 16.4 Å². The van der Waals surface area contributed by atoms with Crippen molar-refractivity contribution in [2.45, 2.75) is 90.5 Å². The molecule has 0 aromatic rings. The number of rotatable bonds is 13. The maximum absolute atomic E-state index is 12.0. The quantitative estimate of drug-likeness (QED) is 0.158. The first-order chi connectivity index (χ1) is 17.0. The molecule has 8 nitrogen and oxygen atoms in total. The maximum atomic E-state index is 12.0. The van der Waals surface area contributed by atoms with Gasteiger partial charge in [-0.05, 0) is 95.4 Å². The molecular formula is C27H43N4O4+. The molecule has 194 valence electrons. The Morgan fingerprint density at radius 1 is 1.09 bits per heavy atom. The van der Waals surface area contributed by atoms with E-state index in [1.54, 1.807) is 13.8 Å². The molecule has 2 rings (SSSR count). The van der Waals surface area contributed by atoms with Gasteiger partial charge in [0.2, 0.25) is 0 Å². The van der Waals surface area contributed by atoms with Crippen molar-refractivity contribution >= 4 is 11.9 Å². The molecule has 35 heavy (non-hydrogen) atoms. The third kappa shape index (κ3) is 9.87. The van der Waals surface area contributed by atoms with Crippen LogP contribution in [0.2, 0.25) is 0 Å². The van der Waals surface area contributed by atoms with Crippen LogP contribution in [0.15, 0.2) is 34.2 Å². The lowest BCUT2D eigenvalue weighted by Crippen LogP contribution is -2.82. The number of nitriles is 1. The van der Waals surface area contributed by atoms with E-state index in [1.807, 2.05) is 12.1 Å². The summed E-state index contributed by atoms with van der Waals surface area (Å²) in [5.74, 6) is -0.903. The summed E-state index contributed by atoms with van der Waals surface area (Å²) in [7, 11) is 0. The number of esters is 2. The van der Waals surface area contributed by atoms with Crippen LogP contribution in [0.3, 0.4) is 0 Å². The van der Waals surface area contributed by atoms with Gasteiger partial charge in [0.05, 0.1) is 19.8 Å². The molecule has 0 radical (unpaired) electrons. The van der Waals surface area contributed by atoms with Gasteiger partial charge < -0.3 is 25.8 Å². The largest absolute Gasteiger partial charge is 0.462 e. The Morgan fingerprint density at radius 2 is 1.83 bits per heavy atom. The van der Waals surface area contributed by atoms with Gasteiger partial charge in [-0.15, -0.1) is 0 Å². The Labute approximate surface area is 210 Å². The average Bonchev–Trinajstić information content (AvgIpc) is 2.86. The Morgan fingerprint density at radius 3 is 2.57 bits per heavy atom. The van der Waals surface area contributed by atoms with Crippen LogP contribution in [-0.2, 0) is 19.1 Å². The zero-order valence-electron chi connectivity index (χ0n) is 21.5. The van der Waals surface area contributed by atoms with E-state index in [2.05, 4.69) is 10.6 Å². The fourth-order valence-electron chi connectivity index (χ4n) is 4.71. The van der Waals surface area contributed by atoms with Gasteiger partial charge in [-0.3, -0.25) is 0 Å². The summed E-state index contributed by atoms with van der Waals surface area (Å²) < 4.78 is 10.0. The summed E-state index contributed by atoms with van der Waals surface area (Å²) in [6.07, 6.45) is 13.2. The minimum Gasteiger partial charge on any atom is -0.462 e. The fraction of sp³-hybridized carbons (Fsp3) is 0.667. The maximum Gasteiger partial charge on any atom is 0.354 e. The minimum absolute atomic E-state index is 0.147. The van der Waals surface area contributed by atoms with Crippen molar-refractivity contribution in [3.05, 3.63) is 34.2 Å². The highest BCUT2D eigenvalue weighted by Crippen LogP contribution is 2.25. The second-order valence-electron chi connectivity index (χ2n) is 9.20. The van der Waals surface area contributed by atoms with Crippen molar-refractivity contribution in [3.8, 4) is 6.07 Å². The molecule has 0 aromatic heterocycles. The SMILES string of the molecule is CCOC(=O)C(N)=C1CCCC(NCCCCCC[NH2+]C2=CC(=C(C#N)C(=O)OCC)CCC2)C1. The molecule has 2 aliphatic carbocycles. The normalized spacial score (nSPS) is 20.9. The number of nitrogens with two attached hydrogens (primary N) is 2. The van der Waals surface area contributed by atoms with E-state index in [1.165, 1.54) is 18.5 Å². The van der Waals surface area contributed by atoms with Gasteiger partial charge in [-0.1, -0.05) is 6.42 Å². The summed E-state index contributed by atoms with van der Waals surface area (Å²) in [6, 6.07) is 2.41. The van der Waals surface area contributed by atoms with Gasteiger partial charge in [0.1, 0.15) is 23.0 Å². The number of unbranched alkanes of at least 4 members (excludes halogenated alkanes) is 3. The standard InChI is InChI=1S/C27H42N4O4/c1-3-34-26(32)24(19-28)20-11-9-13-22(17-20)30-15-7-5-6-8-16-31-23-14-10-12-21(18-23)25(29)27(33)35-4-2/h17,23,30-31H,3-16,18,29H2,1-2H3/p+1. The summed E-state index contributed by atoms with van der Waals surface area (Å²) >= 11 is 0. The number of quaternary nitrogens is 1. The number of nitrogens with zero attached hydrogens (tertiary/aromatic N) is 1. The zero-order valence-corrected chi connectivity index (χ0v) is 21.5. The molecule has 1 atom stereocenters. The van der Waals surface area contributed by atoms with Gasteiger partial charge in [0, 0.05) is 12.5 Å². The molecule has 1 fully saturated rings. The number of hydrogen-bond donors (Lipinski definition) is 3. The van der Waals surface area contributed by atoms with E-state index < -0.39 is 5.97 Å². The first-order valence-electron chi connectivity index (χ1n) is 13.2. The van der Waals surface area contributed by atoms with Crippen molar-refractivity contribution in [3.63, 3.8) is 0 Å². The highest BCUT2D eigenvalue weighted by molar-refractivity contribution is 5.94. The van der Waals surface area contributed by atoms with Gasteiger partial charge in [-0.25, -0.2) is 9.59 Å². The first kappa shape index (κ1) is 28.6. The fourth-order valence-corrected chi connectivity index (χ4v) is 4.71. The molecule has 0 aromatic carbocycles.